The van der Waals surface area contributed by atoms with Crippen LogP contribution >= 0.6 is 11.3 Å². The fourth-order valence-electron chi connectivity index (χ4n) is 1.58. The van der Waals surface area contributed by atoms with Gasteiger partial charge < -0.3 is 5.32 Å². The predicted molar refractivity (Wildman–Crippen MR) is 65.3 cm³/mol. The Morgan fingerprint density at radius 2 is 2.00 bits per heavy atom. The molecule has 0 unspecified atom stereocenters. The fraction of sp³-hybridized carbons (Fsp3) is 0.250. The van der Waals surface area contributed by atoms with Gasteiger partial charge in [0.2, 0.25) is 0 Å². The van der Waals surface area contributed by atoms with Crippen LogP contribution in [0.1, 0.15) is 11.3 Å². The Balaban J connectivity index is 2.41. The van der Waals surface area contributed by atoms with Crippen molar-refractivity contribution in [2.45, 2.75) is 12.7 Å². The molecule has 1 heterocycles. The first kappa shape index (κ1) is 14.0. The average molecular weight is 290 g/mol. The highest BCUT2D eigenvalue weighted by molar-refractivity contribution is 7.13. The normalized spacial score (nSPS) is 11.8. The SMILES string of the molecule is CNCc1csc(-c2cc(F)cc(C(F)(F)F)c2)n1. The van der Waals surface area contributed by atoms with E-state index in [1.165, 1.54) is 11.3 Å². The maximum Gasteiger partial charge on any atom is 0.416 e. The van der Waals surface area contributed by atoms with Crippen molar-refractivity contribution in [1.29, 1.82) is 0 Å². The molecule has 0 spiro atoms. The standard InChI is InChI=1S/C12H10F4N2S/c1-17-5-10-6-19-11(18-10)7-2-8(12(14,15)16)4-9(13)3-7/h2-4,6,17H,5H2,1H3. The van der Waals surface area contributed by atoms with Crippen molar-refractivity contribution >= 4 is 11.3 Å². The second-order valence-corrected chi connectivity index (χ2v) is 4.76. The molecule has 0 aliphatic rings. The number of benzene rings is 1. The van der Waals surface area contributed by atoms with Gasteiger partial charge in [0.15, 0.2) is 0 Å². The van der Waals surface area contributed by atoms with Gasteiger partial charge in [0.05, 0.1) is 11.3 Å². The zero-order chi connectivity index (χ0) is 14.0. The largest absolute Gasteiger partial charge is 0.416 e. The quantitative estimate of drug-likeness (QED) is 0.872. The Hall–Kier alpha value is -1.47. The van der Waals surface area contributed by atoms with E-state index in [0.29, 0.717) is 23.3 Å². The summed E-state index contributed by atoms with van der Waals surface area (Å²) < 4.78 is 51.1. The molecule has 1 aromatic carbocycles. The lowest BCUT2D eigenvalue weighted by molar-refractivity contribution is -0.137. The lowest BCUT2D eigenvalue weighted by Gasteiger charge is -2.08. The molecule has 102 valence electrons. The summed E-state index contributed by atoms with van der Waals surface area (Å²) in [5.74, 6) is -0.921. The molecule has 0 radical (unpaired) electrons. The Kier molecular flexibility index (Phi) is 3.86. The van der Waals surface area contributed by atoms with Crippen LogP contribution in [0.3, 0.4) is 0 Å². The molecule has 0 bridgehead atoms. The summed E-state index contributed by atoms with van der Waals surface area (Å²) in [5, 5.41) is 4.98. The summed E-state index contributed by atoms with van der Waals surface area (Å²) in [5.41, 5.74) is -0.159. The molecule has 0 saturated carbocycles. The molecule has 0 atom stereocenters. The van der Waals surface area contributed by atoms with Crippen LogP contribution in [0.15, 0.2) is 23.6 Å². The van der Waals surface area contributed by atoms with Crippen molar-refractivity contribution < 1.29 is 17.6 Å². The average Bonchev–Trinajstić information content (AvgIpc) is 2.76. The monoisotopic (exact) mass is 290 g/mol. The highest BCUT2D eigenvalue weighted by Crippen LogP contribution is 2.34. The second kappa shape index (κ2) is 5.26. The maximum absolute atomic E-state index is 13.3. The van der Waals surface area contributed by atoms with Crippen LogP contribution in [0.25, 0.3) is 10.6 Å². The molecule has 7 heteroatoms. The van der Waals surface area contributed by atoms with E-state index >= 15 is 0 Å². The Labute approximate surface area is 111 Å². The van der Waals surface area contributed by atoms with E-state index in [-0.39, 0.29) is 5.56 Å². The third-order valence-corrected chi connectivity index (χ3v) is 3.32. The molecular formula is C12H10F4N2S. The second-order valence-electron chi connectivity index (χ2n) is 3.90. The van der Waals surface area contributed by atoms with Crippen LogP contribution in [0.5, 0.6) is 0 Å². The third kappa shape index (κ3) is 3.30. The highest BCUT2D eigenvalue weighted by atomic mass is 32.1. The number of hydrogen-bond donors (Lipinski definition) is 1. The number of rotatable bonds is 3. The number of alkyl halides is 3. The van der Waals surface area contributed by atoms with E-state index in [1.54, 1.807) is 12.4 Å². The zero-order valence-electron chi connectivity index (χ0n) is 9.88. The molecule has 1 aromatic heterocycles. The lowest BCUT2D eigenvalue weighted by atomic mass is 10.1. The first-order valence-electron chi connectivity index (χ1n) is 5.37. The van der Waals surface area contributed by atoms with Gasteiger partial charge in [-0.15, -0.1) is 11.3 Å². The van der Waals surface area contributed by atoms with E-state index in [2.05, 4.69) is 10.3 Å². The third-order valence-electron chi connectivity index (χ3n) is 2.38. The lowest BCUT2D eigenvalue weighted by Crippen LogP contribution is -2.06. The molecule has 2 aromatic rings. The molecule has 19 heavy (non-hydrogen) atoms. The molecule has 1 N–H and O–H groups in total. The van der Waals surface area contributed by atoms with Gasteiger partial charge in [0, 0.05) is 17.5 Å². The minimum Gasteiger partial charge on any atom is -0.314 e. The number of hydrogen-bond acceptors (Lipinski definition) is 3. The van der Waals surface area contributed by atoms with Gasteiger partial charge >= 0.3 is 6.18 Å². The summed E-state index contributed by atoms with van der Waals surface area (Å²) in [4.78, 5) is 4.16. The smallest absolute Gasteiger partial charge is 0.314 e. The van der Waals surface area contributed by atoms with Crippen LogP contribution < -0.4 is 5.32 Å². The number of aromatic nitrogens is 1. The summed E-state index contributed by atoms with van der Waals surface area (Å²) in [6, 6.07) is 2.44. The Morgan fingerprint density at radius 3 is 2.63 bits per heavy atom. The zero-order valence-corrected chi connectivity index (χ0v) is 10.7. The number of halogens is 4. The molecule has 0 amide bonds. The van der Waals surface area contributed by atoms with Gasteiger partial charge in [-0.2, -0.15) is 13.2 Å². The topological polar surface area (TPSA) is 24.9 Å². The Morgan fingerprint density at radius 1 is 1.26 bits per heavy atom. The molecular weight excluding hydrogens is 280 g/mol. The minimum absolute atomic E-state index is 0.139. The van der Waals surface area contributed by atoms with Crippen molar-refractivity contribution in [3.05, 3.63) is 40.7 Å². The van der Waals surface area contributed by atoms with Gasteiger partial charge in [0.1, 0.15) is 10.8 Å². The van der Waals surface area contributed by atoms with Crippen LogP contribution in [-0.4, -0.2) is 12.0 Å². The van der Waals surface area contributed by atoms with Gasteiger partial charge in [-0.3, -0.25) is 0 Å². The number of nitrogens with one attached hydrogen (secondary N) is 1. The van der Waals surface area contributed by atoms with Gasteiger partial charge in [-0.25, -0.2) is 9.37 Å². The summed E-state index contributed by atoms with van der Waals surface area (Å²) >= 11 is 1.19. The van der Waals surface area contributed by atoms with E-state index in [1.807, 2.05) is 0 Å². The molecule has 0 fully saturated rings. The van der Waals surface area contributed by atoms with Crippen LogP contribution in [0.4, 0.5) is 17.6 Å². The Bertz CT molecular complexity index is 577. The number of thiazole rings is 1. The van der Waals surface area contributed by atoms with Gasteiger partial charge in [-0.05, 0) is 25.2 Å². The van der Waals surface area contributed by atoms with Crippen LogP contribution in [0.2, 0.25) is 0 Å². The van der Waals surface area contributed by atoms with E-state index < -0.39 is 17.6 Å². The van der Waals surface area contributed by atoms with Crippen molar-refractivity contribution in [2.24, 2.45) is 0 Å². The van der Waals surface area contributed by atoms with Crippen molar-refractivity contribution in [3.8, 4) is 10.6 Å². The summed E-state index contributed by atoms with van der Waals surface area (Å²) in [6.45, 7) is 0.512. The van der Waals surface area contributed by atoms with Crippen LogP contribution in [0, 0.1) is 5.82 Å². The summed E-state index contributed by atoms with van der Waals surface area (Å²) in [7, 11) is 1.74. The maximum atomic E-state index is 13.3. The molecule has 0 aliphatic carbocycles. The molecule has 2 nitrogen and oxygen atoms in total. The van der Waals surface area contributed by atoms with Crippen LogP contribution in [-0.2, 0) is 12.7 Å². The van der Waals surface area contributed by atoms with Gasteiger partial charge in [-0.1, -0.05) is 0 Å². The highest BCUT2D eigenvalue weighted by Gasteiger charge is 2.31. The fourth-order valence-corrected chi connectivity index (χ4v) is 2.39. The minimum atomic E-state index is -4.57. The molecule has 2 rings (SSSR count). The molecule has 0 aliphatic heterocycles. The molecule has 0 saturated heterocycles. The van der Waals surface area contributed by atoms with Gasteiger partial charge in [0.25, 0.3) is 0 Å². The van der Waals surface area contributed by atoms with Crippen molar-refractivity contribution in [2.75, 3.05) is 7.05 Å². The van der Waals surface area contributed by atoms with E-state index in [0.717, 1.165) is 12.1 Å². The number of nitrogens with zero attached hydrogens (tertiary/aromatic N) is 1. The van der Waals surface area contributed by atoms with Crippen molar-refractivity contribution in [1.82, 2.24) is 10.3 Å². The first-order chi connectivity index (χ1) is 8.90. The van der Waals surface area contributed by atoms with Crippen molar-refractivity contribution in [3.63, 3.8) is 0 Å². The first-order valence-corrected chi connectivity index (χ1v) is 6.25. The summed E-state index contributed by atoms with van der Waals surface area (Å²) in [6.07, 6.45) is -4.57. The predicted octanol–water partition coefficient (Wildman–Crippen LogP) is 3.69. The van der Waals surface area contributed by atoms with E-state index in [9.17, 15) is 17.6 Å². The van der Waals surface area contributed by atoms with E-state index in [4.69, 9.17) is 0 Å².